The Bertz CT molecular complexity index is 895. The van der Waals surface area contributed by atoms with E-state index in [0.717, 1.165) is 71.0 Å². The van der Waals surface area contributed by atoms with Crippen LogP contribution >= 0.6 is 0 Å². The van der Waals surface area contributed by atoms with Crippen LogP contribution in [0, 0.1) is 23.2 Å². The van der Waals surface area contributed by atoms with E-state index in [1.807, 2.05) is 19.0 Å². The highest BCUT2D eigenvalue weighted by molar-refractivity contribution is 5.84. The molecule has 236 valence electrons. The number of nitrogens with two attached hydrogens (primary N) is 2. The summed E-state index contributed by atoms with van der Waals surface area (Å²) in [4.78, 5) is 20.9. The van der Waals surface area contributed by atoms with Crippen LogP contribution in [0.2, 0.25) is 0 Å². The number of amides is 1. The topological polar surface area (TPSA) is 124 Å². The first kappa shape index (κ1) is 34.1. The van der Waals surface area contributed by atoms with Crippen molar-refractivity contribution in [3.63, 3.8) is 0 Å². The second-order valence-corrected chi connectivity index (χ2v) is 13.3. The molecular weight excluding hydrogens is 519 g/mol. The molecule has 3 rings (SSSR count). The van der Waals surface area contributed by atoms with Crippen LogP contribution in [0.1, 0.15) is 85.5 Å². The van der Waals surface area contributed by atoms with Crippen LogP contribution in [0.25, 0.3) is 0 Å². The molecule has 7 N–H and O–H groups in total. The van der Waals surface area contributed by atoms with Crippen LogP contribution in [0.3, 0.4) is 0 Å². The highest BCUT2D eigenvalue weighted by Crippen LogP contribution is 2.39. The number of carbonyl (C=O) groups excluding carboxylic acids is 1. The second-order valence-electron chi connectivity index (χ2n) is 13.3. The zero-order valence-corrected chi connectivity index (χ0v) is 26.6. The lowest BCUT2D eigenvalue weighted by Gasteiger charge is -2.44. The summed E-state index contributed by atoms with van der Waals surface area (Å²) < 4.78 is 14.8. The molecule has 0 aromatic carbocycles. The predicted octanol–water partition coefficient (Wildman–Crippen LogP) is 2.77. The van der Waals surface area contributed by atoms with Gasteiger partial charge in [-0.3, -0.25) is 15.1 Å². The van der Waals surface area contributed by atoms with Crippen LogP contribution in [-0.4, -0.2) is 92.4 Å². The Morgan fingerprint density at radius 3 is 2.68 bits per heavy atom. The van der Waals surface area contributed by atoms with Gasteiger partial charge in [-0.15, -0.1) is 0 Å². The van der Waals surface area contributed by atoms with Crippen molar-refractivity contribution in [2.75, 3.05) is 40.3 Å². The number of hydrogen-bond acceptors (Lipinski definition) is 8. The molecule has 0 radical (unpaired) electrons. The van der Waals surface area contributed by atoms with Crippen molar-refractivity contribution in [2.24, 2.45) is 39.6 Å². The van der Waals surface area contributed by atoms with Crippen LogP contribution in [0.4, 0.5) is 4.39 Å². The first-order valence-electron chi connectivity index (χ1n) is 16.2. The van der Waals surface area contributed by atoms with Gasteiger partial charge in [0.1, 0.15) is 6.17 Å². The summed E-state index contributed by atoms with van der Waals surface area (Å²) in [6.45, 7) is 11.9. The molecule has 0 bridgehead atoms. The van der Waals surface area contributed by atoms with E-state index in [2.05, 4.69) is 54.6 Å². The van der Waals surface area contributed by atoms with E-state index in [1.165, 1.54) is 0 Å². The minimum absolute atomic E-state index is 0.0483. The number of hydrazine groups is 1. The van der Waals surface area contributed by atoms with Gasteiger partial charge in [0.25, 0.3) is 0 Å². The molecule has 9 nitrogen and oxygen atoms in total. The Balaban J connectivity index is 1.88. The van der Waals surface area contributed by atoms with E-state index in [0.29, 0.717) is 24.0 Å². The first-order chi connectivity index (χ1) is 19.5. The van der Waals surface area contributed by atoms with Crippen molar-refractivity contribution in [3.8, 4) is 0 Å². The minimum atomic E-state index is -0.937. The number of hydrogen-bond donors (Lipinski definition) is 5. The molecule has 10 heteroatoms. The standard InChI is InChI=1S/C31H59FN8O/c1-7-10-22(8-2)24-15-26(40-19-21(17-37-40)12-14-35-5)25(18-36-24)38-30(41)28(29(33)34)27-16-31(4,9-3)13-11-23(32)20-39(27)6/h21-24,26-29,35,37H,7-17,19-20,33-34H2,1-6H3,(H,38,41)/t21?,22?,23?,24?,26?,27?,28?,31-/m0/s1. The Morgan fingerprint density at radius 2 is 2.05 bits per heavy atom. The number of alkyl halides is 1. The van der Waals surface area contributed by atoms with Crippen LogP contribution in [0.5, 0.6) is 0 Å². The summed E-state index contributed by atoms with van der Waals surface area (Å²) in [5.74, 6) is 3.39. The van der Waals surface area contributed by atoms with Gasteiger partial charge in [0.2, 0.25) is 5.91 Å². The van der Waals surface area contributed by atoms with E-state index in [-0.39, 0.29) is 36.0 Å². The lowest BCUT2D eigenvalue weighted by molar-refractivity contribution is -0.128. The average molecular weight is 579 g/mol. The number of carbonyl (C=O) groups is 1. The quantitative estimate of drug-likeness (QED) is 0.213. The fraction of sp³-hybridized carbons (Fsp3) is 0.903. The summed E-state index contributed by atoms with van der Waals surface area (Å²) in [6.07, 6.45) is 6.39. The predicted molar refractivity (Wildman–Crippen MR) is 166 cm³/mol. The van der Waals surface area contributed by atoms with Gasteiger partial charge in [0, 0.05) is 31.5 Å². The fourth-order valence-corrected chi connectivity index (χ4v) is 7.14. The molecule has 0 spiro atoms. The van der Waals surface area contributed by atoms with Crippen molar-refractivity contribution in [2.45, 2.75) is 116 Å². The number of nitrogens with zero attached hydrogens (tertiary/aromatic N) is 3. The summed E-state index contributed by atoms with van der Waals surface area (Å²) in [7, 11) is 3.88. The summed E-state index contributed by atoms with van der Waals surface area (Å²) >= 11 is 0. The zero-order valence-electron chi connectivity index (χ0n) is 26.6. The van der Waals surface area contributed by atoms with Crippen LogP contribution in [0.15, 0.2) is 10.7 Å². The smallest absolute Gasteiger partial charge is 0.232 e. The number of rotatable bonds is 13. The fourth-order valence-electron chi connectivity index (χ4n) is 7.14. The maximum Gasteiger partial charge on any atom is 0.232 e. The lowest BCUT2D eigenvalue weighted by Crippen LogP contribution is -2.59. The maximum absolute atomic E-state index is 14.8. The molecule has 2 saturated heterocycles. The normalized spacial score (nSPS) is 33.3. The van der Waals surface area contributed by atoms with Crippen molar-refractivity contribution in [1.29, 1.82) is 0 Å². The number of likely N-dealkylation sites (tertiary alicyclic amines) is 1. The van der Waals surface area contributed by atoms with Gasteiger partial charge in [0.05, 0.1) is 29.9 Å². The van der Waals surface area contributed by atoms with Gasteiger partial charge in [-0.2, -0.15) is 0 Å². The molecule has 1 amide bonds. The van der Waals surface area contributed by atoms with Gasteiger partial charge in [0.15, 0.2) is 0 Å². The third kappa shape index (κ3) is 9.05. The third-order valence-electron chi connectivity index (χ3n) is 10.2. The number of halogens is 1. The van der Waals surface area contributed by atoms with Gasteiger partial charge < -0.3 is 22.1 Å². The highest BCUT2D eigenvalue weighted by atomic mass is 19.1. The second kappa shape index (κ2) is 15.9. The van der Waals surface area contributed by atoms with Crippen molar-refractivity contribution in [1.82, 2.24) is 26.0 Å². The molecule has 2 fully saturated rings. The van der Waals surface area contributed by atoms with E-state index in [1.54, 1.807) is 0 Å². The Morgan fingerprint density at radius 1 is 1.29 bits per heavy atom. The van der Waals surface area contributed by atoms with E-state index in [9.17, 15) is 9.18 Å². The largest absolute Gasteiger partial charge is 0.320 e. The molecular formula is C31H59FN8O. The van der Waals surface area contributed by atoms with E-state index < -0.39 is 18.3 Å². The van der Waals surface area contributed by atoms with Gasteiger partial charge in [-0.25, -0.2) is 14.4 Å². The summed E-state index contributed by atoms with van der Waals surface area (Å²) in [5, 5.41) is 8.75. The lowest BCUT2D eigenvalue weighted by atomic mass is 9.72. The molecule has 0 aromatic heterocycles. The average Bonchev–Trinajstić information content (AvgIpc) is 3.41. The molecule has 8 atom stereocenters. The van der Waals surface area contributed by atoms with Crippen molar-refractivity contribution < 1.29 is 9.18 Å². The van der Waals surface area contributed by atoms with E-state index in [4.69, 9.17) is 16.5 Å². The number of nitrogens with one attached hydrogen (secondary N) is 3. The molecule has 0 saturated carbocycles. The Labute approximate surface area is 248 Å². The molecule has 0 aliphatic carbocycles. The molecule has 0 aromatic rings. The Kier molecular flexibility index (Phi) is 13.2. The molecule has 7 unspecified atom stereocenters. The maximum atomic E-state index is 14.8. The van der Waals surface area contributed by atoms with Gasteiger partial charge in [-0.05, 0) is 76.4 Å². The molecule has 3 aliphatic rings. The monoisotopic (exact) mass is 578 g/mol. The van der Waals surface area contributed by atoms with Crippen LogP contribution < -0.4 is 27.5 Å². The molecule has 3 heterocycles. The van der Waals surface area contributed by atoms with Gasteiger partial charge >= 0.3 is 0 Å². The molecule has 3 aliphatic heterocycles. The SMILES string of the molecule is CCCC(CC)C1CC(N2CC(CCNC)CN2)C(NC(=O)C(C(N)N)C2C[C@@](C)(CC)CCC(F)CN2C)=C=N1. The van der Waals surface area contributed by atoms with Gasteiger partial charge in [-0.1, -0.05) is 47.0 Å². The third-order valence-corrected chi connectivity index (χ3v) is 10.2. The van der Waals surface area contributed by atoms with E-state index >= 15 is 0 Å². The Hall–Kier alpha value is -1.39. The molecule has 41 heavy (non-hydrogen) atoms. The summed E-state index contributed by atoms with van der Waals surface area (Å²) in [5.41, 5.74) is 16.9. The number of aliphatic imine (C=N–C) groups is 1. The minimum Gasteiger partial charge on any atom is -0.320 e. The zero-order chi connectivity index (χ0) is 30.2. The van der Waals surface area contributed by atoms with Crippen LogP contribution in [-0.2, 0) is 4.79 Å². The van der Waals surface area contributed by atoms with Crippen molar-refractivity contribution >= 4 is 11.8 Å². The van der Waals surface area contributed by atoms with Crippen molar-refractivity contribution in [3.05, 3.63) is 5.70 Å². The first-order valence-corrected chi connectivity index (χ1v) is 16.2. The highest BCUT2D eigenvalue weighted by Gasteiger charge is 2.43. The summed E-state index contributed by atoms with van der Waals surface area (Å²) in [6, 6.07) is -0.150.